The molecule has 10 heteroatoms. The summed E-state index contributed by atoms with van der Waals surface area (Å²) in [7, 11) is 0. The number of ether oxygens (including phenoxy) is 1. The van der Waals surface area contributed by atoms with E-state index < -0.39 is 4.92 Å². The van der Waals surface area contributed by atoms with Crippen LogP contribution < -0.4 is 9.64 Å². The van der Waals surface area contributed by atoms with Gasteiger partial charge in [-0.25, -0.2) is 0 Å². The molecular weight excluding hydrogens is 626 g/mol. The van der Waals surface area contributed by atoms with Crippen molar-refractivity contribution in [2.45, 2.75) is 104 Å². The fraction of sp³-hybridized carbons (Fsp3) is 0.550. The summed E-state index contributed by atoms with van der Waals surface area (Å²) in [5.74, 6) is 0.586. The van der Waals surface area contributed by atoms with E-state index >= 15 is 0 Å². The Morgan fingerprint density at radius 1 is 0.620 bits per heavy atom. The highest BCUT2D eigenvalue weighted by atomic mass is 16.6. The molecule has 0 amide bonds. The summed E-state index contributed by atoms with van der Waals surface area (Å²) in [6, 6.07) is 19.8. The predicted octanol–water partition coefficient (Wildman–Crippen LogP) is 12.4. The molecule has 1 aliphatic rings. The molecule has 3 aromatic carbocycles. The number of azo groups is 2. The van der Waals surface area contributed by atoms with Crippen molar-refractivity contribution in [3.05, 3.63) is 76.8 Å². The average molecular weight is 684 g/mol. The molecule has 3 aromatic rings. The molecule has 1 heterocycles. The number of hydrogen-bond acceptors (Lipinski definition) is 9. The van der Waals surface area contributed by atoms with Gasteiger partial charge in [-0.3, -0.25) is 15.0 Å². The van der Waals surface area contributed by atoms with Gasteiger partial charge in [0.05, 0.1) is 28.6 Å². The molecular formula is C40H57N7O3. The van der Waals surface area contributed by atoms with E-state index in [1.54, 1.807) is 12.1 Å². The summed E-state index contributed by atoms with van der Waals surface area (Å²) in [6.07, 6.45) is 17.8. The first kappa shape index (κ1) is 38.6. The fourth-order valence-electron chi connectivity index (χ4n) is 6.12. The van der Waals surface area contributed by atoms with Crippen LogP contribution in [-0.4, -0.2) is 49.2 Å². The van der Waals surface area contributed by atoms with Crippen LogP contribution in [0.15, 0.2) is 87.2 Å². The highest BCUT2D eigenvalue weighted by Crippen LogP contribution is 2.34. The lowest BCUT2D eigenvalue weighted by molar-refractivity contribution is -0.384. The third-order valence-electron chi connectivity index (χ3n) is 9.23. The normalized spacial score (nSPS) is 13.8. The maximum atomic E-state index is 11.0. The van der Waals surface area contributed by atoms with Gasteiger partial charge in [0.2, 0.25) is 0 Å². The summed E-state index contributed by atoms with van der Waals surface area (Å²) >= 11 is 0. The van der Waals surface area contributed by atoms with Crippen LogP contribution in [0.1, 0.15) is 104 Å². The first-order valence-electron chi connectivity index (χ1n) is 19.0. The van der Waals surface area contributed by atoms with Crippen LogP contribution in [0.4, 0.5) is 34.1 Å². The molecule has 0 atom stereocenters. The topological polar surface area (TPSA) is 108 Å². The molecule has 1 fully saturated rings. The van der Waals surface area contributed by atoms with Gasteiger partial charge in [0.25, 0.3) is 5.69 Å². The van der Waals surface area contributed by atoms with Crippen LogP contribution in [-0.2, 0) is 0 Å². The van der Waals surface area contributed by atoms with Crippen LogP contribution in [0.3, 0.4) is 0 Å². The van der Waals surface area contributed by atoms with Gasteiger partial charge in [0.15, 0.2) is 0 Å². The van der Waals surface area contributed by atoms with Crippen LogP contribution >= 0.6 is 0 Å². The monoisotopic (exact) mass is 683 g/mol. The number of benzene rings is 3. The van der Waals surface area contributed by atoms with Crippen molar-refractivity contribution in [2.24, 2.45) is 20.5 Å². The quantitative estimate of drug-likeness (QED) is 0.0428. The van der Waals surface area contributed by atoms with Crippen molar-refractivity contribution in [3.63, 3.8) is 0 Å². The van der Waals surface area contributed by atoms with Gasteiger partial charge in [-0.05, 0) is 67.9 Å². The van der Waals surface area contributed by atoms with E-state index in [9.17, 15) is 10.1 Å². The van der Waals surface area contributed by atoms with Crippen molar-refractivity contribution in [1.29, 1.82) is 0 Å². The Morgan fingerprint density at radius 3 is 1.76 bits per heavy atom. The van der Waals surface area contributed by atoms with E-state index in [0.29, 0.717) is 29.4 Å². The van der Waals surface area contributed by atoms with E-state index in [0.717, 1.165) is 44.7 Å². The minimum absolute atomic E-state index is 0.0140. The number of nitro benzene ring substituents is 1. The summed E-state index contributed by atoms with van der Waals surface area (Å²) in [4.78, 5) is 15.6. The molecule has 0 unspecified atom stereocenters. The number of non-ortho nitro benzene ring substituents is 1. The lowest BCUT2D eigenvalue weighted by Gasteiger charge is -2.36. The van der Waals surface area contributed by atoms with E-state index in [1.807, 2.05) is 30.3 Å². The Balaban J connectivity index is 1.32. The summed E-state index contributed by atoms with van der Waals surface area (Å²) in [5, 5.41) is 28.7. The third-order valence-corrected chi connectivity index (χ3v) is 9.23. The molecule has 1 saturated heterocycles. The second-order valence-corrected chi connectivity index (χ2v) is 13.3. The summed E-state index contributed by atoms with van der Waals surface area (Å²) in [5.41, 5.74) is 3.78. The number of unbranched alkanes of at least 4 members (excludes halogenated alkanes) is 12. The Morgan fingerprint density at radius 2 is 1.14 bits per heavy atom. The fourth-order valence-corrected chi connectivity index (χ4v) is 6.12. The summed E-state index contributed by atoms with van der Waals surface area (Å²) < 4.78 is 6.21. The van der Waals surface area contributed by atoms with E-state index in [2.05, 4.69) is 56.2 Å². The minimum atomic E-state index is -0.430. The molecule has 0 aromatic heterocycles. The first-order valence-corrected chi connectivity index (χ1v) is 19.0. The molecule has 4 rings (SSSR count). The number of piperazine rings is 1. The zero-order valence-corrected chi connectivity index (χ0v) is 30.3. The minimum Gasteiger partial charge on any atom is -0.491 e. The Hall–Kier alpha value is -4.18. The largest absolute Gasteiger partial charge is 0.491 e. The van der Waals surface area contributed by atoms with Gasteiger partial charge >= 0.3 is 0 Å². The Kier molecular flexibility index (Phi) is 17.4. The SMILES string of the molecule is CCCCCCCCCCCCOc1cc(N=Nc2ccc(N3CCN(CCCCCC)CC3)cc2)ccc1N=Nc1ccc([N+](=O)[O-])cc1. The van der Waals surface area contributed by atoms with Gasteiger partial charge < -0.3 is 9.64 Å². The maximum absolute atomic E-state index is 11.0. The first-order chi connectivity index (χ1) is 24.6. The molecule has 0 saturated carbocycles. The zero-order chi connectivity index (χ0) is 35.2. The predicted molar refractivity (Wildman–Crippen MR) is 204 cm³/mol. The number of nitro groups is 1. The van der Waals surface area contributed by atoms with Crippen molar-refractivity contribution < 1.29 is 9.66 Å². The lowest BCUT2D eigenvalue weighted by Crippen LogP contribution is -2.46. The van der Waals surface area contributed by atoms with Crippen molar-refractivity contribution in [3.8, 4) is 5.75 Å². The Bertz CT molecular complexity index is 1450. The highest BCUT2D eigenvalue weighted by molar-refractivity contribution is 5.59. The molecule has 50 heavy (non-hydrogen) atoms. The van der Waals surface area contributed by atoms with Crippen molar-refractivity contribution >= 4 is 34.1 Å². The second-order valence-electron chi connectivity index (χ2n) is 13.3. The van der Waals surface area contributed by atoms with Gasteiger partial charge in [0.1, 0.15) is 11.4 Å². The molecule has 0 radical (unpaired) electrons. The smallest absolute Gasteiger partial charge is 0.269 e. The van der Waals surface area contributed by atoms with Gasteiger partial charge in [-0.15, -0.1) is 5.11 Å². The van der Waals surface area contributed by atoms with E-state index in [-0.39, 0.29) is 5.69 Å². The summed E-state index contributed by atoms with van der Waals surface area (Å²) in [6.45, 7) is 10.6. The maximum Gasteiger partial charge on any atom is 0.269 e. The molecule has 10 nitrogen and oxygen atoms in total. The molecule has 270 valence electrons. The number of anilines is 1. The molecule has 0 aliphatic carbocycles. The van der Waals surface area contributed by atoms with E-state index in [4.69, 9.17) is 4.74 Å². The Labute approximate surface area is 299 Å². The molecule has 1 aliphatic heterocycles. The van der Waals surface area contributed by atoms with Crippen LogP contribution in [0.5, 0.6) is 5.75 Å². The van der Waals surface area contributed by atoms with Gasteiger partial charge in [-0.2, -0.15) is 15.3 Å². The highest BCUT2D eigenvalue weighted by Gasteiger charge is 2.16. The van der Waals surface area contributed by atoms with Gasteiger partial charge in [0, 0.05) is 50.1 Å². The standard InChI is InChI=1S/C40H57N7O3/c1-3-5-7-9-10-11-12-13-14-16-32-50-40-33-36(21-26-39(40)44-42-35-19-24-38(25-20-35)47(48)49)43-41-34-17-22-37(23-18-34)46-30-28-45(29-31-46)27-15-8-6-4-2/h17-26,33H,3-16,27-32H2,1-2H3. The number of nitrogens with zero attached hydrogens (tertiary/aromatic N) is 7. The third kappa shape index (κ3) is 14.0. The van der Waals surface area contributed by atoms with Crippen LogP contribution in [0, 0.1) is 10.1 Å². The molecule has 0 bridgehead atoms. The molecule has 0 N–H and O–H groups in total. The van der Waals surface area contributed by atoms with Crippen molar-refractivity contribution in [1.82, 2.24) is 4.90 Å². The molecule has 0 spiro atoms. The number of hydrogen-bond donors (Lipinski definition) is 0. The zero-order valence-electron chi connectivity index (χ0n) is 30.3. The van der Waals surface area contributed by atoms with Crippen LogP contribution in [0.2, 0.25) is 0 Å². The van der Waals surface area contributed by atoms with E-state index in [1.165, 1.54) is 101 Å². The van der Waals surface area contributed by atoms with Crippen molar-refractivity contribution in [2.75, 3.05) is 44.2 Å². The van der Waals surface area contributed by atoms with Gasteiger partial charge in [-0.1, -0.05) is 90.9 Å². The van der Waals surface area contributed by atoms with Crippen LogP contribution in [0.25, 0.3) is 0 Å². The lowest BCUT2D eigenvalue weighted by atomic mass is 10.1. The average Bonchev–Trinajstić information content (AvgIpc) is 3.15. The second kappa shape index (κ2) is 22.5. The number of rotatable bonds is 23.